The molecule has 1 aromatic carbocycles. The van der Waals surface area contributed by atoms with E-state index in [0.29, 0.717) is 17.1 Å². The zero-order valence-electron chi connectivity index (χ0n) is 10.8. The average molecular weight is 280 g/mol. The maximum atomic E-state index is 13.7. The van der Waals surface area contributed by atoms with Gasteiger partial charge in [0.25, 0.3) is 0 Å². The summed E-state index contributed by atoms with van der Waals surface area (Å²) in [4.78, 5) is 6.17. The third kappa shape index (κ3) is 3.15. The third-order valence-corrected chi connectivity index (χ3v) is 3.08. The van der Waals surface area contributed by atoms with Crippen molar-refractivity contribution in [3.63, 3.8) is 0 Å². The largest absolute Gasteiger partial charge is 0.378 e. The van der Waals surface area contributed by atoms with Gasteiger partial charge in [0.1, 0.15) is 5.82 Å². The van der Waals surface area contributed by atoms with Crippen molar-refractivity contribution in [1.82, 2.24) is 4.98 Å². The minimum Gasteiger partial charge on any atom is -0.378 e. The molecule has 2 rings (SSSR count). The van der Waals surface area contributed by atoms with Gasteiger partial charge in [-0.3, -0.25) is 0 Å². The van der Waals surface area contributed by atoms with Crippen molar-refractivity contribution >= 4 is 23.1 Å². The number of hydrogen-bond acceptors (Lipinski definition) is 3. The molecule has 1 N–H and O–H groups in total. The first-order valence-electron chi connectivity index (χ1n) is 5.88. The van der Waals surface area contributed by atoms with Crippen molar-refractivity contribution < 1.29 is 4.39 Å². The predicted molar refractivity (Wildman–Crippen MR) is 77.3 cm³/mol. The average Bonchev–Trinajstić information content (AvgIpc) is 2.38. The number of nitrogens with zero attached hydrogens (tertiary/aromatic N) is 2. The molecule has 0 saturated heterocycles. The lowest BCUT2D eigenvalue weighted by Crippen LogP contribution is -2.14. The van der Waals surface area contributed by atoms with Gasteiger partial charge in [-0.15, -0.1) is 0 Å². The Bertz CT molecular complexity index is 552. The SMILES string of the molecule is CN(C)c1ncccc1NCc1c(F)cccc1Cl. The quantitative estimate of drug-likeness (QED) is 0.928. The summed E-state index contributed by atoms with van der Waals surface area (Å²) in [6.45, 7) is 0.317. The summed E-state index contributed by atoms with van der Waals surface area (Å²) in [6.07, 6.45) is 1.72. The second-order valence-electron chi connectivity index (χ2n) is 4.32. The van der Waals surface area contributed by atoms with Gasteiger partial charge in [0, 0.05) is 37.4 Å². The van der Waals surface area contributed by atoms with Gasteiger partial charge in [-0.25, -0.2) is 9.37 Å². The minimum atomic E-state index is -0.310. The molecule has 0 aliphatic carbocycles. The van der Waals surface area contributed by atoms with Crippen LogP contribution in [0.2, 0.25) is 5.02 Å². The Morgan fingerprint density at radius 2 is 2.05 bits per heavy atom. The predicted octanol–water partition coefficient (Wildman–Crippen LogP) is 3.55. The standard InChI is InChI=1S/C14H15ClFN3/c1-19(2)14-13(7-4-8-17-14)18-9-10-11(15)5-3-6-12(10)16/h3-8,18H,9H2,1-2H3. The fraction of sp³-hybridized carbons (Fsp3) is 0.214. The van der Waals surface area contributed by atoms with Crippen LogP contribution in [-0.2, 0) is 6.54 Å². The highest BCUT2D eigenvalue weighted by Gasteiger charge is 2.09. The minimum absolute atomic E-state index is 0.310. The van der Waals surface area contributed by atoms with Crippen LogP contribution in [0.1, 0.15) is 5.56 Å². The summed E-state index contributed by atoms with van der Waals surface area (Å²) in [5.74, 6) is 0.491. The van der Waals surface area contributed by atoms with E-state index >= 15 is 0 Å². The molecule has 0 spiro atoms. The van der Waals surface area contributed by atoms with E-state index in [1.807, 2.05) is 31.1 Å². The third-order valence-electron chi connectivity index (χ3n) is 2.73. The molecule has 1 aromatic heterocycles. The molecule has 100 valence electrons. The van der Waals surface area contributed by atoms with Gasteiger partial charge in [-0.2, -0.15) is 0 Å². The Hall–Kier alpha value is -1.81. The highest BCUT2D eigenvalue weighted by atomic mass is 35.5. The first-order valence-corrected chi connectivity index (χ1v) is 6.26. The molecule has 1 heterocycles. The number of halogens is 2. The topological polar surface area (TPSA) is 28.2 Å². The van der Waals surface area contributed by atoms with E-state index in [2.05, 4.69) is 10.3 Å². The lowest BCUT2D eigenvalue weighted by atomic mass is 10.2. The van der Waals surface area contributed by atoms with Crippen molar-refractivity contribution in [2.24, 2.45) is 0 Å². The van der Waals surface area contributed by atoms with E-state index in [0.717, 1.165) is 11.5 Å². The summed E-state index contributed by atoms with van der Waals surface area (Å²) in [5, 5.41) is 3.58. The Morgan fingerprint density at radius 1 is 1.26 bits per heavy atom. The Kier molecular flexibility index (Phi) is 4.22. The second kappa shape index (κ2) is 5.89. The summed E-state index contributed by atoms with van der Waals surface area (Å²) in [6, 6.07) is 8.41. The maximum absolute atomic E-state index is 13.7. The van der Waals surface area contributed by atoms with E-state index in [1.165, 1.54) is 6.07 Å². The van der Waals surface area contributed by atoms with Crippen LogP contribution in [-0.4, -0.2) is 19.1 Å². The number of aromatic nitrogens is 1. The Morgan fingerprint density at radius 3 is 2.74 bits per heavy atom. The number of hydrogen-bond donors (Lipinski definition) is 1. The van der Waals surface area contributed by atoms with Crippen molar-refractivity contribution in [1.29, 1.82) is 0 Å². The van der Waals surface area contributed by atoms with Crippen LogP contribution in [0, 0.1) is 5.82 Å². The molecule has 0 amide bonds. The van der Waals surface area contributed by atoms with Crippen molar-refractivity contribution in [3.05, 3.63) is 52.9 Å². The van der Waals surface area contributed by atoms with Crippen LogP contribution >= 0.6 is 11.6 Å². The van der Waals surface area contributed by atoms with Crippen molar-refractivity contribution in [2.75, 3.05) is 24.3 Å². The highest BCUT2D eigenvalue weighted by molar-refractivity contribution is 6.31. The molecule has 0 bridgehead atoms. The van der Waals surface area contributed by atoms with E-state index in [-0.39, 0.29) is 5.82 Å². The molecule has 0 aliphatic heterocycles. The molecule has 0 atom stereocenters. The Labute approximate surface area is 117 Å². The Balaban J connectivity index is 2.19. The summed E-state index contributed by atoms with van der Waals surface area (Å²) < 4.78 is 13.7. The number of nitrogens with one attached hydrogen (secondary N) is 1. The van der Waals surface area contributed by atoms with Crippen LogP contribution < -0.4 is 10.2 Å². The van der Waals surface area contributed by atoms with E-state index in [4.69, 9.17) is 11.6 Å². The van der Waals surface area contributed by atoms with Gasteiger partial charge in [-0.1, -0.05) is 17.7 Å². The van der Waals surface area contributed by atoms with E-state index in [9.17, 15) is 4.39 Å². The van der Waals surface area contributed by atoms with Gasteiger partial charge < -0.3 is 10.2 Å². The van der Waals surface area contributed by atoms with Crippen LogP contribution in [0.3, 0.4) is 0 Å². The number of pyridine rings is 1. The van der Waals surface area contributed by atoms with Gasteiger partial charge in [0.15, 0.2) is 5.82 Å². The first-order chi connectivity index (χ1) is 9.09. The molecule has 0 aliphatic rings. The molecule has 0 unspecified atom stereocenters. The van der Waals surface area contributed by atoms with Gasteiger partial charge in [0.05, 0.1) is 5.69 Å². The van der Waals surface area contributed by atoms with Crippen molar-refractivity contribution in [2.45, 2.75) is 6.54 Å². The number of anilines is 2. The molecular formula is C14H15ClFN3. The van der Waals surface area contributed by atoms with Crippen LogP contribution in [0.5, 0.6) is 0 Å². The molecule has 3 nitrogen and oxygen atoms in total. The highest BCUT2D eigenvalue weighted by Crippen LogP contribution is 2.24. The van der Waals surface area contributed by atoms with Crippen LogP contribution in [0.25, 0.3) is 0 Å². The summed E-state index contributed by atoms with van der Waals surface area (Å²) in [7, 11) is 3.81. The van der Waals surface area contributed by atoms with Crippen LogP contribution in [0.15, 0.2) is 36.5 Å². The van der Waals surface area contributed by atoms with Gasteiger partial charge in [0.2, 0.25) is 0 Å². The first kappa shape index (κ1) is 13.6. The summed E-state index contributed by atoms with van der Waals surface area (Å²) in [5.41, 5.74) is 1.30. The molecule has 19 heavy (non-hydrogen) atoms. The zero-order chi connectivity index (χ0) is 13.8. The van der Waals surface area contributed by atoms with Crippen molar-refractivity contribution in [3.8, 4) is 0 Å². The van der Waals surface area contributed by atoms with Gasteiger partial charge in [-0.05, 0) is 24.3 Å². The maximum Gasteiger partial charge on any atom is 0.151 e. The van der Waals surface area contributed by atoms with Crippen LogP contribution in [0.4, 0.5) is 15.9 Å². The fourth-order valence-electron chi connectivity index (χ4n) is 1.78. The second-order valence-corrected chi connectivity index (χ2v) is 4.73. The normalized spacial score (nSPS) is 10.3. The lowest BCUT2D eigenvalue weighted by Gasteiger charge is -2.17. The van der Waals surface area contributed by atoms with E-state index in [1.54, 1.807) is 18.3 Å². The molecule has 2 aromatic rings. The number of benzene rings is 1. The molecule has 5 heteroatoms. The lowest BCUT2D eigenvalue weighted by molar-refractivity contribution is 0.613. The monoisotopic (exact) mass is 279 g/mol. The van der Waals surface area contributed by atoms with E-state index < -0.39 is 0 Å². The summed E-state index contributed by atoms with van der Waals surface area (Å²) >= 11 is 5.99. The molecule has 0 radical (unpaired) electrons. The van der Waals surface area contributed by atoms with Gasteiger partial charge >= 0.3 is 0 Å². The smallest absolute Gasteiger partial charge is 0.151 e. The number of rotatable bonds is 4. The molecule has 0 fully saturated rings. The molecular weight excluding hydrogens is 265 g/mol. The fourth-order valence-corrected chi connectivity index (χ4v) is 2.01. The molecule has 0 saturated carbocycles. The zero-order valence-corrected chi connectivity index (χ0v) is 11.6.